The topological polar surface area (TPSA) is 78.9 Å². The normalized spacial score (nSPS) is 25.5. The second-order valence-electron chi connectivity index (χ2n) is 4.09. The molecule has 1 atom stereocenters. The summed E-state index contributed by atoms with van der Waals surface area (Å²) in [6.45, 7) is 1.59. The van der Waals surface area contributed by atoms with Crippen LogP contribution in [0, 0.1) is 0 Å². The summed E-state index contributed by atoms with van der Waals surface area (Å²) in [6, 6.07) is 0. The smallest absolute Gasteiger partial charge is 0.375 e. The van der Waals surface area contributed by atoms with Gasteiger partial charge in [-0.25, -0.2) is 9.59 Å². The number of esters is 2. The third-order valence-corrected chi connectivity index (χ3v) is 3.06. The Morgan fingerprint density at radius 3 is 2.53 bits per heavy atom. The Morgan fingerprint density at radius 1 is 1.32 bits per heavy atom. The minimum Gasteiger partial charge on any atom is -0.489 e. The quantitative estimate of drug-likeness (QED) is 0.673. The van der Waals surface area contributed by atoms with Gasteiger partial charge in [-0.1, -0.05) is 0 Å². The highest BCUT2D eigenvalue weighted by Crippen LogP contribution is 2.42. The van der Waals surface area contributed by atoms with Crippen LogP contribution in [0.2, 0.25) is 0 Å². The van der Waals surface area contributed by atoms with Gasteiger partial charge in [0.1, 0.15) is 5.57 Å². The van der Waals surface area contributed by atoms with Gasteiger partial charge in [-0.05, 0) is 30.7 Å². The Balaban J connectivity index is 2.65. The SMILES string of the molecule is COC(=O)C1=C(OC)C(=O)OC12C=CC(=O)C=C2C. The van der Waals surface area contributed by atoms with E-state index in [0.717, 1.165) is 0 Å². The number of rotatable bonds is 2. The molecule has 0 fully saturated rings. The molecule has 1 aliphatic heterocycles. The summed E-state index contributed by atoms with van der Waals surface area (Å²) in [7, 11) is 2.45. The van der Waals surface area contributed by atoms with Crippen molar-refractivity contribution in [3.63, 3.8) is 0 Å². The minimum atomic E-state index is -1.41. The molecule has 1 heterocycles. The predicted molar refractivity (Wildman–Crippen MR) is 62.8 cm³/mol. The maximum Gasteiger partial charge on any atom is 0.375 e. The first-order valence-corrected chi connectivity index (χ1v) is 5.48. The Bertz CT molecular complexity index is 566. The van der Waals surface area contributed by atoms with E-state index in [1.807, 2.05) is 0 Å². The van der Waals surface area contributed by atoms with Gasteiger partial charge >= 0.3 is 11.9 Å². The van der Waals surface area contributed by atoms with E-state index in [-0.39, 0.29) is 17.1 Å². The minimum absolute atomic E-state index is 0.0556. The largest absolute Gasteiger partial charge is 0.489 e. The first-order valence-electron chi connectivity index (χ1n) is 5.48. The summed E-state index contributed by atoms with van der Waals surface area (Å²) in [5.41, 5.74) is -1.05. The van der Waals surface area contributed by atoms with Crippen molar-refractivity contribution in [1.29, 1.82) is 0 Å². The van der Waals surface area contributed by atoms with E-state index in [1.54, 1.807) is 6.92 Å². The molecule has 1 unspecified atom stereocenters. The zero-order valence-electron chi connectivity index (χ0n) is 10.7. The molecule has 0 amide bonds. The zero-order valence-corrected chi connectivity index (χ0v) is 10.7. The molecule has 1 spiro atoms. The van der Waals surface area contributed by atoms with Crippen LogP contribution in [0.5, 0.6) is 0 Å². The molecular formula is C13H12O6. The predicted octanol–water partition coefficient (Wildman–Crippen LogP) is 0.441. The van der Waals surface area contributed by atoms with Crippen molar-refractivity contribution in [1.82, 2.24) is 0 Å². The molecule has 2 aliphatic rings. The molecule has 0 saturated heterocycles. The molecule has 19 heavy (non-hydrogen) atoms. The number of allylic oxidation sites excluding steroid dienone is 2. The molecule has 0 saturated carbocycles. The Morgan fingerprint density at radius 2 is 2.00 bits per heavy atom. The molecule has 0 N–H and O–H groups in total. The van der Waals surface area contributed by atoms with Gasteiger partial charge in [0.05, 0.1) is 14.2 Å². The summed E-state index contributed by atoms with van der Waals surface area (Å²) in [6.07, 6.45) is 3.90. The number of ether oxygens (including phenoxy) is 3. The summed E-state index contributed by atoms with van der Waals surface area (Å²) in [5, 5.41) is 0. The molecule has 0 aromatic carbocycles. The molecule has 2 rings (SSSR count). The van der Waals surface area contributed by atoms with Crippen molar-refractivity contribution in [2.24, 2.45) is 0 Å². The average molecular weight is 264 g/mol. The lowest BCUT2D eigenvalue weighted by Crippen LogP contribution is -2.37. The van der Waals surface area contributed by atoms with Gasteiger partial charge in [-0.2, -0.15) is 0 Å². The molecule has 6 nitrogen and oxygen atoms in total. The van der Waals surface area contributed by atoms with Crippen LogP contribution < -0.4 is 0 Å². The van der Waals surface area contributed by atoms with Crippen LogP contribution in [0.1, 0.15) is 6.92 Å². The highest BCUT2D eigenvalue weighted by Gasteiger charge is 2.53. The standard InChI is InChI=1S/C13H12O6/c1-7-6-8(14)4-5-13(7)9(11(15)18-3)10(17-2)12(16)19-13/h4-6H,1-3H3. The first-order chi connectivity index (χ1) is 8.96. The lowest BCUT2D eigenvalue weighted by Gasteiger charge is -2.28. The second-order valence-corrected chi connectivity index (χ2v) is 4.09. The van der Waals surface area contributed by atoms with Crippen molar-refractivity contribution < 1.29 is 28.6 Å². The van der Waals surface area contributed by atoms with Crippen molar-refractivity contribution in [2.75, 3.05) is 14.2 Å². The van der Waals surface area contributed by atoms with Gasteiger partial charge in [-0.3, -0.25) is 4.79 Å². The summed E-state index contributed by atoms with van der Waals surface area (Å²) >= 11 is 0. The van der Waals surface area contributed by atoms with E-state index < -0.39 is 17.5 Å². The van der Waals surface area contributed by atoms with E-state index in [4.69, 9.17) is 9.47 Å². The van der Waals surface area contributed by atoms with Crippen LogP contribution in [0.25, 0.3) is 0 Å². The van der Waals surface area contributed by atoms with E-state index in [9.17, 15) is 14.4 Å². The fourth-order valence-electron chi connectivity index (χ4n) is 2.14. The molecule has 6 heteroatoms. The van der Waals surface area contributed by atoms with E-state index in [2.05, 4.69) is 4.74 Å². The molecule has 0 aromatic rings. The molecule has 0 bridgehead atoms. The summed E-state index contributed by atoms with van der Waals surface area (Å²) < 4.78 is 14.8. The Labute approximate surface area is 109 Å². The molecule has 1 aliphatic carbocycles. The maximum absolute atomic E-state index is 11.9. The fourth-order valence-corrected chi connectivity index (χ4v) is 2.14. The van der Waals surface area contributed by atoms with Gasteiger partial charge in [-0.15, -0.1) is 0 Å². The highest BCUT2D eigenvalue weighted by atomic mass is 16.6. The lowest BCUT2D eigenvalue weighted by atomic mass is 9.83. The number of ketones is 1. The van der Waals surface area contributed by atoms with Gasteiger partial charge in [0.15, 0.2) is 11.4 Å². The zero-order chi connectivity index (χ0) is 14.2. The number of carbonyl (C=O) groups excluding carboxylic acids is 3. The van der Waals surface area contributed by atoms with E-state index in [1.165, 1.54) is 32.4 Å². The van der Waals surface area contributed by atoms with Crippen LogP contribution in [0.3, 0.4) is 0 Å². The van der Waals surface area contributed by atoms with Crippen LogP contribution in [0.4, 0.5) is 0 Å². The van der Waals surface area contributed by atoms with Crippen LogP contribution in [-0.2, 0) is 28.6 Å². The number of hydrogen-bond donors (Lipinski definition) is 0. The van der Waals surface area contributed by atoms with Crippen LogP contribution in [-0.4, -0.2) is 37.5 Å². The van der Waals surface area contributed by atoms with E-state index >= 15 is 0 Å². The van der Waals surface area contributed by atoms with E-state index in [0.29, 0.717) is 5.57 Å². The second kappa shape index (κ2) is 4.38. The Kier molecular flexibility index (Phi) is 3.01. The van der Waals surface area contributed by atoms with Crippen molar-refractivity contribution >= 4 is 17.7 Å². The van der Waals surface area contributed by atoms with Gasteiger partial charge in [0, 0.05) is 0 Å². The number of methoxy groups -OCH3 is 2. The summed E-state index contributed by atoms with van der Waals surface area (Å²) in [4.78, 5) is 35.0. The lowest BCUT2D eigenvalue weighted by molar-refractivity contribution is -0.145. The van der Waals surface area contributed by atoms with Gasteiger partial charge in [0.2, 0.25) is 5.76 Å². The summed E-state index contributed by atoms with van der Waals surface area (Å²) in [5.74, 6) is -1.96. The fraction of sp³-hybridized carbons (Fsp3) is 0.308. The third kappa shape index (κ3) is 1.76. The van der Waals surface area contributed by atoms with Gasteiger partial charge in [0.25, 0.3) is 0 Å². The van der Waals surface area contributed by atoms with Gasteiger partial charge < -0.3 is 14.2 Å². The van der Waals surface area contributed by atoms with Crippen molar-refractivity contribution in [3.05, 3.63) is 35.1 Å². The monoisotopic (exact) mass is 264 g/mol. The molecular weight excluding hydrogens is 252 g/mol. The van der Waals surface area contributed by atoms with Crippen LogP contribution >= 0.6 is 0 Å². The Hall–Kier alpha value is -2.37. The maximum atomic E-state index is 11.9. The van der Waals surface area contributed by atoms with Crippen LogP contribution in [0.15, 0.2) is 35.1 Å². The number of carbonyl (C=O) groups is 3. The average Bonchev–Trinajstić information content (AvgIpc) is 2.67. The third-order valence-electron chi connectivity index (χ3n) is 3.06. The number of hydrogen-bond acceptors (Lipinski definition) is 6. The van der Waals surface area contributed by atoms with Crippen molar-refractivity contribution in [3.8, 4) is 0 Å². The first kappa shape index (κ1) is 13.1. The van der Waals surface area contributed by atoms with Crippen molar-refractivity contribution in [2.45, 2.75) is 12.5 Å². The molecule has 0 radical (unpaired) electrons. The molecule has 0 aromatic heterocycles. The molecule has 100 valence electrons. The highest BCUT2D eigenvalue weighted by molar-refractivity contribution is 6.09.